The van der Waals surface area contributed by atoms with Crippen LogP contribution in [-0.4, -0.2) is 31.6 Å². The van der Waals surface area contributed by atoms with Gasteiger partial charge in [0.1, 0.15) is 25.6 Å². The molecule has 0 amide bonds. The molecular formula is C28H26BF4NO. The van der Waals surface area contributed by atoms with E-state index in [-0.39, 0.29) is 0 Å². The van der Waals surface area contributed by atoms with Crippen LogP contribution in [0.15, 0.2) is 120 Å². The molecule has 0 spiro atoms. The Morgan fingerprint density at radius 2 is 1.29 bits per heavy atom. The summed E-state index contributed by atoms with van der Waals surface area (Å²) >= 11 is 0. The lowest BCUT2D eigenvalue weighted by Crippen LogP contribution is -2.09. The molecule has 7 heteroatoms. The highest BCUT2D eigenvalue weighted by atomic mass is 19.5. The summed E-state index contributed by atoms with van der Waals surface area (Å²) in [6, 6.07) is 20.7. The fourth-order valence-corrected chi connectivity index (χ4v) is 3.45. The van der Waals surface area contributed by atoms with Crippen LogP contribution in [0.2, 0.25) is 0 Å². The number of rotatable bonds is 3. The normalized spacial score (nSPS) is 16.1. The third-order valence-corrected chi connectivity index (χ3v) is 5.18. The van der Waals surface area contributed by atoms with Gasteiger partial charge < -0.3 is 22.0 Å². The van der Waals surface area contributed by atoms with Crippen LogP contribution in [0.1, 0.15) is 18.1 Å². The van der Waals surface area contributed by atoms with Crippen molar-refractivity contribution in [2.45, 2.75) is 6.92 Å². The van der Waals surface area contributed by atoms with Crippen molar-refractivity contribution < 1.29 is 26.6 Å². The number of benzene rings is 2. The Labute approximate surface area is 203 Å². The lowest BCUT2D eigenvalue weighted by atomic mass is 9.99. The van der Waals surface area contributed by atoms with Gasteiger partial charge in [-0.05, 0) is 59.6 Å². The van der Waals surface area contributed by atoms with Crippen molar-refractivity contribution >= 4 is 24.3 Å². The summed E-state index contributed by atoms with van der Waals surface area (Å²) in [6.07, 6.45) is 14.9. The molecule has 0 fully saturated rings. The molecule has 2 aliphatic rings. The lowest BCUT2D eigenvalue weighted by Gasteiger charge is -2.19. The lowest BCUT2D eigenvalue weighted by molar-refractivity contribution is -0.462. The van der Waals surface area contributed by atoms with Crippen LogP contribution in [0, 0.1) is 0 Å². The van der Waals surface area contributed by atoms with Crippen molar-refractivity contribution in [3.63, 3.8) is 0 Å². The summed E-state index contributed by atoms with van der Waals surface area (Å²) in [6.45, 7) is 2.12. The van der Waals surface area contributed by atoms with Crippen LogP contribution in [0.25, 0.3) is 11.3 Å². The van der Waals surface area contributed by atoms with Gasteiger partial charge in [0, 0.05) is 17.7 Å². The minimum Gasteiger partial charge on any atom is -0.457 e. The van der Waals surface area contributed by atoms with Crippen LogP contribution in [-0.2, 0) is 4.74 Å². The zero-order chi connectivity index (χ0) is 25.4. The highest BCUT2D eigenvalue weighted by molar-refractivity contribution is 6.50. The molecule has 2 nitrogen and oxygen atoms in total. The van der Waals surface area contributed by atoms with Crippen LogP contribution in [0.5, 0.6) is 0 Å². The van der Waals surface area contributed by atoms with E-state index >= 15 is 0 Å². The van der Waals surface area contributed by atoms with Gasteiger partial charge in [-0.15, -0.1) is 0 Å². The molecule has 2 aromatic carbocycles. The fourth-order valence-electron chi connectivity index (χ4n) is 3.45. The average molecular weight is 479 g/mol. The highest BCUT2D eigenvalue weighted by Crippen LogP contribution is 2.32. The van der Waals surface area contributed by atoms with E-state index in [1.807, 2.05) is 24.3 Å². The van der Waals surface area contributed by atoms with Gasteiger partial charge in [-0.3, -0.25) is 0 Å². The molecule has 0 unspecified atom stereocenters. The standard InChI is InChI=1S/C28H26NO.BF4/c1-21(22-14-16-26(17-15-22)29(2)3)18-27-19-25(23-10-6-4-7-11-23)20-28(30-27)24-12-8-5-9-13-24;2-1(3,4)5/h4-20H,1-3H3;/q+1;-1/b27-18-;. The molecule has 2 aromatic rings. The molecule has 1 heterocycles. The predicted molar refractivity (Wildman–Crippen MR) is 136 cm³/mol. The topological polar surface area (TPSA) is 12.2 Å². The van der Waals surface area contributed by atoms with Crippen molar-refractivity contribution in [2.24, 2.45) is 0 Å². The number of ether oxygens (including phenoxy) is 1. The van der Waals surface area contributed by atoms with Crippen LogP contribution in [0.3, 0.4) is 0 Å². The summed E-state index contributed by atoms with van der Waals surface area (Å²) in [5.41, 5.74) is 6.91. The summed E-state index contributed by atoms with van der Waals surface area (Å²) in [4.78, 5) is 0. The molecule has 0 bridgehead atoms. The first-order valence-corrected chi connectivity index (χ1v) is 11.0. The van der Waals surface area contributed by atoms with Crippen molar-refractivity contribution in [1.82, 2.24) is 0 Å². The minimum absolute atomic E-state index is 0.837. The largest absolute Gasteiger partial charge is 0.673 e. The Morgan fingerprint density at radius 1 is 0.771 bits per heavy atom. The summed E-state index contributed by atoms with van der Waals surface area (Å²) < 4.78 is 47.4. The highest BCUT2D eigenvalue weighted by Gasteiger charge is 2.20. The molecular weight excluding hydrogens is 453 g/mol. The maximum atomic E-state index is 9.75. The third-order valence-electron chi connectivity index (χ3n) is 5.18. The summed E-state index contributed by atoms with van der Waals surface area (Å²) in [7, 11) is -1.90. The molecule has 180 valence electrons. The first-order valence-electron chi connectivity index (χ1n) is 11.0. The maximum Gasteiger partial charge on any atom is 0.673 e. The number of hydrogen-bond acceptors (Lipinski definition) is 1. The van der Waals surface area contributed by atoms with Crippen molar-refractivity contribution in [3.8, 4) is 0 Å². The van der Waals surface area contributed by atoms with E-state index in [0.29, 0.717) is 0 Å². The second kappa shape index (κ2) is 11.5. The van der Waals surface area contributed by atoms with E-state index < -0.39 is 7.25 Å². The maximum absolute atomic E-state index is 9.75. The molecule has 4 rings (SSSR count). The Bertz CT molecular complexity index is 1240. The van der Waals surface area contributed by atoms with E-state index in [0.717, 1.165) is 28.2 Å². The molecule has 0 N–H and O–H groups in total. The summed E-state index contributed by atoms with van der Waals surface area (Å²) in [5, 5.41) is 0. The van der Waals surface area contributed by atoms with E-state index in [2.05, 4.69) is 105 Å². The first-order chi connectivity index (χ1) is 16.6. The van der Waals surface area contributed by atoms with Gasteiger partial charge in [-0.1, -0.05) is 60.7 Å². The Hall–Kier alpha value is -3.87. The molecule has 35 heavy (non-hydrogen) atoms. The second-order valence-electron chi connectivity index (χ2n) is 8.11. The van der Waals surface area contributed by atoms with Gasteiger partial charge in [0.25, 0.3) is 0 Å². The van der Waals surface area contributed by atoms with E-state index in [4.69, 9.17) is 4.74 Å². The van der Waals surface area contributed by atoms with Crippen molar-refractivity contribution in [3.05, 3.63) is 131 Å². The van der Waals surface area contributed by atoms with Crippen molar-refractivity contribution in [2.75, 3.05) is 14.1 Å². The quantitative estimate of drug-likeness (QED) is 0.253. The molecule has 0 saturated heterocycles. The van der Waals surface area contributed by atoms with Gasteiger partial charge in [-0.25, -0.2) is 4.58 Å². The molecule has 1 aliphatic heterocycles. The van der Waals surface area contributed by atoms with Gasteiger partial charge >= 0.3 is 7.25 Å². The molecule has 1 aliphatic carbocycles. The Balaban J connectivity index is 0.000000623. The first kappa shape index (κ1) is 25.8. The third kappa shape index (κ3) is 8.14. The smallest absolute Gasteiger partial charge is 0.457 e. The number of allylic oxidation sites excluding steroid dienone is 10. The Morgan fingerprint density at radius 3 is 1.80 bits per heavy atom. The SMILES string of the molecule is CC(/C=C1/C=C(c2ccccc2)C=C(c2ccccc2)O1)=C1C=CC(=[N+](C)C)C=C1.F[B-](F)(F)F. The second-order valence-corrected chi connectivity index (χ2v) is 8.11. The molecule has 0 saturated carbocycles. The average Bonchev–Trinajstić information content (AvgIpc) is 2.84. The van der Waals surface area contributed by atoms with Gasteiger partial charge in [-0.2, -0.15) is 0 Å². The fraction of sp³-hybridized carbons (Fsp3) is 0.107. The Kier molecular flexibility index (Phi) is 8.47. The minimum atomic E-state index is -6.00. The number of hydrogen-bond donors (Lipinski definition) is 0. The predicted octanol–water partition coefficient (Wildman–Crippen LogP) is 7.48. The van der Waals surface area contributed by atoms with Gasteiger partial charge in [0.2, 0.25) is 0 Å². The monoisotopic (exact) mass is 479 g/mol. The van der Waals surface area contributed by atoms with E-state index in [1.54, 1.807) is 0 Å². The van der Waals surface area contributed by atoms with Crippen LogP contribution >= 0.6 is 0 Å². The summed E-state index contributed by atoms with van der Waals surface area (Å²) in [5.74, 6) is 1.70. The zero-order valence-electron chi connectivity index (χ0n) is 19.8. The van der Waals surface area contributed by atoms with Crippen LogP contribution < -0.4 is 0 Å². The number of nitrogens with zero attached hydrogens (tertiary/aromatic N) is 1. The zero-order valence-corrected chi connectivity index (χ0v) is 19.8. The molecule has 0 aromatic heterocycles. The van der Waals surface area contributed by atoms with E-state index in [1.165, 1.54) is 16.8 Å². The van der Waals surface area contributed by atoms with E-state index in [9.17, 15) is 17.3 Å². The van der Waals surface area contributed by atoms with Crippen molar-refractivity contribution in [1.29, 1.82) is 0 Å². The molecule has 0 radical (unpaired) electrons. The van der Waals surface area contributed by atoms with Gasteiger partial charge in [0.05, 0.1) is 0 Å². The van der Waals surface area contributed by atoms with Gasteiger partial charge in [0.15, 0.2) is 5.71 Å². The molecule has 0 atom stereocenters. The van der Waals surface area contributed by atoms with Crippen LogP contribution in [0.4, 0.5) is 17.3 Å². The number of halogens is 4.